The van der Waals surface area contributed by atoms with E-state index in [4.69, 9.17) is 4.74 Å². The molecular formula is C28H29F3N6O2. The van der Waals surface area contributed by atoms with Crippen molar-refractivity contribution in [3.8, 4) is 11.4 Å². The first-order valence-corrected chi connectivity index (χ1v) is 12.7. The van der Waals surface area contributed by atoms with Crippen LogP contribution in [0.3, 0.4) is 0 Å². The first-order chi connectivity index (χ1) is 18.6. The van der Waals surface area contributed by atoms with E-state index in [1.807, 2.05) is 50.2 Å². The average molecular weight is 539 g/mol. The number of ether oxygens (including phenoxy) is 1. The van der Waals surface area contributed by atoms with Gasteiger partial charge in [0.25, 0.3) is 0 Å². The van der Waals surface area contributed by atoms with E-state index in [2.05, 4.69) is 30.8 Å². The fourth-order valence-corrected chi connectivity index (χ4v) is 5.12. The van der Waals surface area contributed by atoms with Crippen LogP contribution in [0, 0.1) is 6.92 Å². The van der Waals surface area contributed by atoms with Crippen LogP contribution >= 0.6 is 0 Å². The topological polar surface area (TPSA) is 105 Å². The number of amides is 1. The van der Waals surface area contributed by atoms with Crippen molar-refractivity contribution in [1.29, 1.82) is 0 Å². The van der Waals surface area contributed by atoms with Crippen molar-refractivity contribution in [3.63, 3.8) is 0 Å². The molecule has 2 atom stereocenters. The van der Waals surface area contributed by atoms with Crippen molar-refractivity contribution in [2.45, 2.75) is 63.9 Å². The maximum Gasteiger partial charge on any atom is 0.420 e. The van der Waals surface area contributed by atoms with Crippen LogP contribution in [0.25, 0.3) is 22.3 Å². The minimum atomic E-state index is -4.65. The number of hydrogen-bond acceptors (Lipinski definition) is 6. The summed E-state index contributed by atoms with van der Waals surface area (Å²) in [5, 5.41) is 13.7. The minimum Gasteiger partial charge on any atom is -0.445 e. The number of benzene rings is 2. The summed E-state index contributed by atoms with van der Waals surface area (Å²) in [5.74, 6) is 0.0781. The molecule has 204 valence electrons. The van der Waals surface area contributed by atoms with Crippen LogP contribution in [0.5, 0.6) is 0 Å². The molecule has 5 rings (SSSR count). The number of aromatic amines is 1. The third-order valence-corrected chi connectivity index (χ3v) is 7.05. The van der Waals surface area contributed by atoms with Crippen molar-refractivity contribution < 1.29 is 22.7 Å². The molecule has 0 spiro atoms. The van der Waals surface area contributed by atoms with Crippen molar-refractivity contribution in [2.75, 3.05) is 5.32 Å². The summed E-state index contributed by atoms with van der Waals surface area (Å²) in [6.45, 7) is 3.94. The number of nitrogens with one attached hydrogen (secondary N) is 3. The lowest BCUT2D eigenvalue weighted by Crippen LogP contribution is -2.51. The van der Waals surface area contributed by atoms with Crippen LogP contribution in [0.1, 0.15) is 49.3 Å². The van der Waals surface area contributed by atoms with Crippen molar-refractivity contribution >= 4 is 22.9 Å². The van der Waals surface area contributed by atoms with Crippen molar-refractivity contribution in [1.82, 2.24) is 25.5 Å². The maximum absolute atomic E-state index is 13.9. The van der Waals surface area contributed by atoms with Gasteiger partial charge in [-0.05, 0) is 50.7 Å². The normalized spacial score (nSPS) is 19.6. The van der Waals surface area contributed by atoms with Gasteiger partial charge in [0.2, 0.25) is 5.95 Å². The Morgan fingerprint density at radius 2 is 1.97 bits per heavy atom. The molecule has 1 aliphatic carbocycles. The monoisotopic (exact) mass is 538 g/mol. The number of alkyl halides is 3. The molecule has 39 heavy (non-hydrogen) atoms. The summed E-state index contributed by atoms with van der Waals surface area (Å²) < 4.78 is 47.1. The quantitative estimate of drug-likeness (QED) is 0.263. The summed E-state index contributed by atoms with van der Waals surface area (Å²) in [4.78, 5) is 20.8. The van der Waals surface area contributed by atoms with E-state index in [1.54, 1.807) is 12.1 Å². The van der Waals surface area contributed by atoms with Crippen LogP contribution in [-0.4, -0.2) is 37.8 Å². The zero-order valence-corrected chi connectivity index (χ0v) is 21.6. The summed E-state index contributed by atoms with van der Waals surface area (Å²) in [6.07, 6.45) is -1.55. The number of halogens is 3. The third kappa shape index (κ3) is 5.97. The number of nitrogens with zero attached hydrogens (tertiary/aromatic N) is 3. The zero-order chi connectivity index (χ0) is 27.6. The number of H-pyrrole nitrogens is 1. The van der Waals surface area contributed by atoms with Crippen LogP contribution in [0.15, 0.2) is 54.7 Å². The van der Waals surface area contributed by atoms with Gasteiger partial charge < -0.3 is 15.4 Å². The lowest BCUT2D eigenvalue weighted by atomic mass is 9.80. The molecule has 0 bridgehead atoms. The molecule has 2 aromatic heterocycles. The van der Waals surface area contributed by atoms with Crippen LogP contribution in [-0.2, 0) is 17.5 Å². The van der Waals surface area contributed by atoms with Crippen LogP contribution in [0.2, 0.25) is 0 Å². The standard InChI is InChI=1S/C28H29F3N6O2/c1-17-8-6-12-20-22(17)36-37-23(20)24-21(28(29,30)31)15-32-25(34-24)33-19-11-7-13-27(2,14-19)35-26(38)39-16-18-9-4-3-5-10-18/h3-6,8-10,12,15,19H,7,11,13-14,16H2,1-2H3,(H,35,38)(H,36,37)(H,32,33,34)/t19-,27+/m1/s1. The van der Waals surface area contributed by atoms with E-state index in [9.17, 15) is 18.0 Å². The Morgan fingerprint density at radius 3 is 2.74 bits per heavy atom. The molecule has 0 radical (unpaired) electrons. The van der Waals surface area contributed by atoms with Gasteiger partial charge >= 0.3 is 12.3 Å². The molecule has 0 saturated heterocycles. The van der Waals surface area contributed by atoms with E-state index in [1.165, 1.54) is 0 Å². The molecule has 1 saturated carbocycles. The van der Waals surface area contributed by atoms with Gasteiger partial charge in [-0.2, -0.15) is 18.3 Å². The van der Waals surface area contributed by atoms with Crippen LogP contribution in [0.4, 0.5) is 23.9 Å². The smallest absolute Gasteiger partial charge is 0.420 e. The second kappa shape index (κ2) is 10.5. The van der Waals surface area contributed by atoms with E-state index in [0.29, 0.717) is 17.3 Å². The number of carbonyl (C=O) groups is 1. The highest BCUT2D eigenvalue weighted by Crippen LogP contribution is 2.38. The number of alkyl carbamates (subject to hydrolysis) is 1. The Hall–Kier alpha value is -4.15. The highest BCUT2D eigenvalue weighted by molar-refractivity contribution is 5.94. The number of fused-ring (bicyclic) bond motifs is 1. The van der Waals surface area contributed by atoms with E-state index in [0.717, 1.165) is 36.6 Å². The Kier molecular flexibility index (Phi) is 7.16. The van der Waals surface area contributed by atoms with Crippen molar-refractivity contribution in [2.24, 2.45) is 0 Å². The highest BCUT2D eigenvalue weighted by Gasteiger charge is 2.38. The number of anilines is 1. The van der Waals surface area contributed by atoms with Gasteiger partial charge in [0.15, 0.2) is 0 Å². The van der Waals surface area contributed by atoms with Crippen molar-refractivity contribution in [3.05, 3.63) is 71.4 Å². The van der Waals surface area contributed by atoms with Gasteiger partial charge in [-0.1, -0.05) is 48.5 Å². The second-order valence-corrected chi connectivity index (χ2v) is 10.2. The summed E-state index contributed by atoms with van der Waals surface area (Å²) in [5.41, 5.74) is 0.717. The van der Waals surface area contributed by atoms with E-state index in [-0.39, 0.29) is 30.0 Å². The number of aryl methyl sites for hydroxylation is 1. The zero-order valence-electron chi connectivity index (χ0n) is 21.6. The first-order valence-electron chi connectivity index (χ1n) is 12.7. The number of hydrogen-bond donors (Lipinski definition) is 3. The molecule has 3 N–H and O–H groups in total. The van der Waals surface area contributed by atoms with Crippen LogP contribution < -0.4 is 10.6 Å². The Bertz CT molecular complexity index is 1470. The molecule has 1 fully saturated rings. The highest BCUT2D eigenvalue weighted by atomic mass is 19.4. The lowest BCUT2D eigenvalue weighted by molar-refractivity contribution is -0.137. The maximum atomic E-state index is 13.9. The fraction of sp³-hybridized carbons (Fsp3) is 0.357. The van der Waals surface area contributed by atoms with Gasteiger partial charge in [0.05, 0.1) is 11.2 Å². The molecule has 0 aliphatic heterocycles. The summed E-state index contributed by atoms with van der Waals surface area (Å²) in [7, 11) is 0. The molecule has 1 amide bonds. The molecule has 4 aromatic rings. The van der Waals surface area contributed by atoms with Gasteiger partial charge in [-0.25, -0.2) is 14.8 Å². The lowest BCUT2D eigenvalue weighted by Gasteiger charge is -2.38. The predicted molar refractivity (Wildman–Crippen MR) is 141 cm³/mol. The second-order valence-electron chi connectivity index (χ2n) is 10.2. The molecule has 11 heteroatoms. The van der Waals surface area contributed by atoms with E-state index < -0.39 is 23.4 Å². The van der Waals surface area contributed by atoms with Gasteiger partial charge in [0.1, 0.15) is 17.9 Å². The number of carbonyl (C=O) groups excluding carboxylic acids is 1. The predicted octanol–water partition coefficient (Wildman–Crippen LogP) is 6.39. The third-order valence-electron chi connectivity index (χ3n) is 7.05. The van der Waals surface area contributed by atoms with Gasteiger partial charge in [0, 0.05) is 23.2 Å². The molecule has 8 nitrogen and oxygen atoms in total. The van der Waals surface area contributed by atoms with Gasteiger partial charge in [-0.3, -0.25) is 5.10 Å². The molecule has 0 unspecified atom stereocenters. The molecule has 2 heterocycles. The molecule has 2 aromatic carbocycles. The average Bonchev–Trinajstić information content (AvgIpc) is 3.33. The Morgan fingerprint density at radius 1 is 1.18 bits per heavy atom. The molecular weight excluding hydrogens is 509 g/mol. The minimum absolute atomic E-state index is 0.0781. The van der Waals surface area contributed by atoms with E-state index >= 15 is 0 Å². The molecule has 1 aliphatic rings. The number of para-hydroxylation sites is 1. The first kappa shape index (κ1) is 26.5. The largest absolute Gasteiger partial charge is 0.445 e. The van der Waals surface area contributed by atoms with Gasteiger partial charge in [-0.15, -0.1) is 0 Å². The fourth-order valence-electron chi connectivity index (χ4n) is 5.12. The number of rotatable bonds is 6. The summed E-state index contributed by atoms with van der Waals surface area (Å²) in [6, 6.07) is 14.6. The Labute approximate surface area is 223 Å². The Balaban J connectivity index is 1.33. The number of aromatic nitrogens is 4. The summed E-state index contributed by atoms with van der Waals surface area (Å²) >= 11 is 0. The SMILES string of the molecule is Cc1cccc2c(-c3nc(N[C@@H]4CCC[C@](C)(NC(=O)OCc5ccccc5)C4)ncc3C(F)(F)F)[nH]nc12.